The molecule has 0 fully saturated rings. The van der Waals surface area contributed by atoms with Gasteiger partial charge in [0.1, 0.15) is 0 Å². The SMILES string of the molecule is CCCCCCCCCCCCCCNONCCCCCCCCCCCCCC. The Morgan fingerprint density at radius 2 is 0.548 bits per heavy atom. The molecule has 31 heavy (non-hydrogen) atoms. The van der Waals surface area contributed by atoms with E-state index in [0.29, 0.717) is 0 Å². The number of rotatable bonds is 28. The molecule has 0 radical (unpaired) electrons. The fourth-order valence-electron chi connectivity index (χ4n) is 4.23. The van der Waals surface area contributed by atoms with Crippen molar-refractivity contribution in [3.8, 4) is 0 Å². The minimum Gasteiger partial charge on any atom is -0.214 e. The molecule has 3 nitrogen and oxygen atoms in total. The Labute approximate surface area is 197 Å². The largest absolute Gasteiger partial charge is 0.214 e. The molecule has 0 aromatic heterocycles. The predicted octanol–water partition coefficient (Wildman–Crippen LogP) is 9.41. The van der Waals surface area contributed by atoms with Gasteiger partial charge in [0, 0.05) is 13.1 Å². The third-order valence-corrected chi connectivity index (χ3v) is 6.41. The molecule has 0 atom stereocenters. The van der Waals surface area contributed by atoms with E-state index in [1.54, 1.807) is 0 Å². The molecule has 0 aliphatic heterocycles. The predicted molar refractivity (Wildman–Crippen MR) is 139 cm³/mol. The minimum atomic E-state index is 0.961. The molecule has 0 aliphatic rings. The van der Waals surface area contributed by atoms with Gasteiger partial charge in [-0.1, -0.05) is 155 Å². The first kappa shape index (κ1) is 30.9. The van der Waals surface area contributed by atoms with Crippen LogP contribution < -0.4 is 11.0 Å². The van der Waals surface area contributed by atoms with E-state index >= 15 is 0 Å². The van der Waals surface area contributed by atoms with Crippen molar-refractivity contribution in [1.29, 1.82) is 0 Å². The molecular weight excluding hydrogens is 380 g/mol. The van der Waals surface area contributed by atoms with Gasteiger partial charge in [-0.15, -0.1) is 0 Å². The summed E-state index contributed by atoms with van der Waals surface area (Å²) in [6, 6.07) is 0. The van der Waals surface area contributed by atoms with Crippen molar-refractivity contribution < 1.29 is 4.94 Å². The molecule has 0 aliphatic carbocycles. The summed E-state index contributed by atoms with van der Waals surface area (Å²) in [5.74, 6) is 0. The second kappa shape index (κ2) is 29.9. The zero-order chi connectivity index (χ0) is 22.5. The maximum Gasteiger partial charge on any atom is 0.0229 e. The van der Waals surface area contributed by atoms with E-state index in [1.807, 2.05) is 0 Å². The van der Waals surface area contributed by atoms with Crippen molar-refractivity contribution in [2.75, 3.05) is 13.1 Å². The second-order valence-corrected chi connectivity index (χ2v) is 9.67. The molecule has 0 unspecified atom stereocenters. The molecule has 3 heteroatoms. The van der Waals surface area contributed by atoms with Gasteiger partial charge in [-0.2, -0.15) is 11.0 Å². The lowest BCUT2D eigenvalue weighted by atomic mass is 10.1. The summed E-state index contributed by atoms with van der Waals surface area (Å²) < 4.78 is 0. The zero-order valence-electron chi connectivity index (χ0n) is 21.8. The lowest BCUT2D eigenvalue weighted by molar-refractivity contribution is -0.0387. The molecular formula is C28H60N2O. The first-order valence-corrected chi connectivity index (χ1v) is 14.5. The summed E-state index contributed by atoms with van der Waals surface area (Å²) in [7, 11) is 0. The van der Waals surface area contributed by atoms with Crippen LogP contribution in [0.1, 0.15) is 168 Å². The fourth-order valence-corrected chi connectivity index (χ4v) is 4.23. The molecule has 0 saturated carbocycles. The van der Waals surface area contributed by atoms with Gasteiger partial charge in [0.15, 0.2) is 0 Å². The van der Waals surface area contributed by atoms with Crippen molar-refractivity contribution in [1.82, 2.24) is 11.0 Å². The average Bonchev–Trinajstić information content (AvgIpc) is 2.78. The smallest absolute Gasteiger partial charge is 0.0229 e. The third kappa shape index (κ3) is 29.9. The summed E-state index contributed by atoms with van der Waals surface area (Å²) >= 11 is 0. The molecule has 2 N–H and O–H groups in total. The van der Waals surface area contributed by atoms with Crippen molar-refractivity contribution >= 4 is 0 Å². The number of hydrogen-bond acceptors (Lipinski definition) is 3. The van der Waals surface area contributed by atoms with E-state index in [1.165, 1.54) is 154 Å². The van der Waals surface area contributed by atoms with Crippen LogP contribution in [-0.4, -0.2) is 13.1 Å². The molecule has 0 aromatic rings. The maximum absolute atomic E-state index is 5.33. The molecule has 0 saturated heterocycles. The molecule has 188 valence electrons. The van der Waals surface area contributed by atoms with Crippen molar-refractivity contribution in [3.05, 3.63) is 0 Å². The lowest BCUT2D eigenvalue weighted by Crippen LogP contribution is -2.27. The van der Waals surface area contributed by atoms with Gasteiger partial charge in [-0.25, -0.2) is 4.94 Å². The molecule has 0 aromatic carbocycles. The highest BCUT2D eigenvalue weighted by atomic mass is 16.8. The van der Waals surface area contributed by atoms with Gasteiger partial charge in [0.2, 0.25) is 0 Å². The van der Waals surface area contributed by atoms with Gasteiger partial charge in [-0.05, 0) is 12.8 Å². The van der Waals surface area contributed by atoms with Gasteiger partial charge >= 0.3 is 0 Å². The highest BCUT2D eigenvalue weighted by Gasteiger charge is 1.95. The summed E-state index contributed by atoms with van der Waals surface area (Å²) in [5.41, 5.74) is 6.11. The van der Waals surface area contributed by atoms with Gasteiger partial charge in [0.25, 0.3) is 0 Å². The third-order valence-electron chi connectivity index (χ3n) is 6.41. The van der Waals surface area contributed by atoms with Gasteiger partial charge < -0.3 is 0 Å². The lowest BCUT2D eigenvalue weighted by Gasteiger charge is -2.07. The average molecular weight is 441 g/mol. The van der Waals surface area contributed by atoms with Crippen LogP contribution in [0, 0.1) is 0 Å². The van der Waals surface area contributed by atoms with Crippen LogP contribution in [0.15, 0.2) is 0 Å². The number of unbranched alkanes of at least 4 members (excludes halogenated alkanes) is 22. The highest BCUT2D eigenvalue weighted by Crippen LogP contribution is 2.12. The number of hydrogen-bond donors (Lipinski definition) is 2. The van der Waals surface area contributed by atoms with Crippen molar-refractivity contribution in [2.24, 2.45) is 0 Å². The van der Waals surface area contributed by atoms with E-state index in [0.717, 1.165) is 13.1 Å². The first-order valence-electron chi connectivity index (χ1n) is 14.5. The Balaban J connectivity index is 2.98. The van der Waals surface area contributed by atoms with E-state index in [9.17, 15) is 0 Å². The monoisotopic (exact) mass is 440 g/mol. The quantitative estimate of drug-likeness (QED) is 0.0938. The number of nitrogens with one attached hydrogen (secondary N) is 2. The van der Waals surface area contributed by atoms with Crippen molar-refractivity contribution in [3.63, 3.8) is 0 Å². The molecule has 0 rings (SSSR count). The molecule has 0 heterocycles. The van der Waals surface area contributed by atoms with Crippen LogP contribution in [0.5, 0.6) is 0 Å². The zero-order valence-corrected chi connectivity index (χ0v) is 21.8. The maximum atomic E-state index is 5.33. The molecule has 0 spiro atoms. The first-order chi connectivity index (χ1) is 15.4. The summed E-state index contributed by atoms with van der Waals surface area (Å²) in [4.78, 5) is 5.33. The van der Waals surface area contributed by atoms with Crippen LogP contribution in [0.2, 0.25) is 0 Å². The van der Waals surface area contributed by atoms with E-state index in [4.69, 9.17) is 4.94 Å². The highest BCUT2D eigenvalue weighted by molar-refractivity contribution is 4.50. The molecule has 0 bridgehead atoms. The Morgan fingerprint density at radius 3 is 0.806 bits per heavy atom. The summed E-state index contributed by atoms with van der Waals surface area (Å²) in [6.07, 6.45) is 33.6. The summed E-state index contributed by atoms with van der Waals surface area (Å²) in [6.45, 7) is 6.50. The Hall–Kier alpha value is -0.120. The van der Waals surface area contributed by atoms with Crippen molar-refractivity contribution in [2.45, 2.75) is 168 Å². The number of hydroxylamine groups is 2. The van der Waals surface area contributed by atoms with Crippen LogP contribution >= 0.6 is 0 Å². The van der Waals surface area contributed by atoms with Gasteiger partial charge in [-0.3, -0.25) is 0 Å². The van der Waals surface area contributed by atoms with Crippen LogP contribution in [0.4, 0.5) is 0 Å². The topological polar surface area (TPSA) is 33.3 Å². The Kier molecular flexibility index (Phi) is 29.8. The van der Waals surface area contributed by atoms with Crippen LogP contribution in [-0.2, 0) is 4.94 Å². The van der Waals surface area contributed by atoms with E-state index < -0.39 is 0 Å². The standard InChI is InChI=1S/C28H60N2O/c1-3-5-7-9-11-13-15-17-19-21-23-25-27-29-31-30-28-26-24-22-20-18-16-14-12-10-8-6-4-2/h29-30H,3-28H2,1-2H3. The Morgan fingerprint density at radius 1 is 0.323 bits per heavy atom. The Bertz CT molecular complexity index is 271. The summed E-state index contributed by atoms with van der Waals surface area (Å²) in [5, 5.41) is 0. The normalized spacial score (nSPS) is 11.4. The minimum absolute atomic E-state index is 0.961. The van der Waals surface area contributed by atoms with Crippen LogP contribution in [0.3, 0.4) is 0 Å². The van der Waals surface area contributed by atoms with E-state index in [-0.39, 0.29) is 0 Å². The van der Waals surface area contributed by atoms with E-state index in [2.05, 4.69) is 24.8 Å². The van der Waals surface area contributed by atoms with Crippen LogP contribution in [0.25, 0.3) is 0 Å². The van der Waals surface area contributed by atoms with Gasteiger partial charge in [0.05, 0.1) is 0 Å². The second-order valence-electron chi connectivity index (χ2n) is 9.67. The molecule has 0 amide bonds. The fraction of sp³-hybridized carbons (Fsp3) is 1.00.